The fourth-order valence-corrected chi connectivity index (χ4v) is 1.96. The van der Waals surface area contributed by atoms with E-state index in [1.54, 1.807) is 0 Å². The van der Waals surface area contributed by atoms with Gasteiger partial charge in [0.2, 0.25) is 0 Å². The van der Waals surface area contributed by atoms with Gasteiger partial charge in [-0.1, -0.05) is 6.92 Å². The van der Waals surface area contributed by atoms with Gasteiger partial charge in [0, 0.05) is 13.1 Å². The molecule has 0 aliphatic carbocycles. The Balaban J connectivity index is 2.17. The summed E-state index contributed by atoms with van der Waals surface area (Å²) in [4.78, 5) is 2.26. The van der Waals surface area contributed by atoms with Gasteiger partial charge in [-0.25, -0.2) is 0 Å². The summed E-state index contributed by atoms with van der Waals surface area (Å²) in [6.07, 6.45) is -2.66. The number of alkyl halides is 3. The molecule has 2 nitrogen and oxygen atoms in total. The summed E-state index contributed by atoms with van der Waals surface area (Å²) in [5.74, 6) is 0. The van der Waals surface area contributed by atoms with Gasteiger partial charge in [-0.2, -0.15) is 13.2 Å². The average molecular weight is 238 g/mol. The third-order valence-electron chi connectivity index (χ3n) is 3.33. The third-order valence-corrected chi connectivity index (χ3v) is 3.33. The molecule has 96 valence electrons. The minimum atomic E-state index is -4.04. The van der Waals surface area contributed by atoms with E-state index >= 15 is 0 Å². The summed E-state index contributed by atoms with van der Waals surface area (Å²) < 4.78 is 35.8. The molecule has 1 heterocycles. The zero-order chi connectivity index (χ0) is 12.2. The molecule has 16 heavy (non-hydrogen) atoms. The Morgan fingerprint density at radius 3 is 2.31 bits per heavy atom. The first-order valence-electron chi connectivity index (χ1n) is 5.77. The summed E-state index contributed by atoms with van der Waals surface area (Å²) in [5, 5.41) is 2.93. The molecule has 0 unspecified atom stereocenters. The van der Waals surface area contributed by atoms with Gasteiger partial charge in [0.05, 0.1) is 6.42 Å². The Kier molecular flexibility index (Phi) is 4.62. The topological polar surface area (TPSA) is 15.3 Å². The number of nitrogens with zero attached hydrogens (tertiary/aromatic N) is 1. The van der Waals surface area contributed by atoms with Crippen molar-refractivity contribution in [3.05, 3.63) is 0 Å². The van der Waals surface area contributed by atoms with E-state index in [4.69, 9.17) is 0 Å². The number of hydrogen-bond acceptors (Lipinski definition) is 2. The minimum Gasteiger partial charge on any atom is -0.316 e. The molecule has 0 bridgehead atoms. The lowest BCUT2D eigenvalue weighted by Gasteiger charge is -2.38. The number of rotatable bonds is 4. The molecular weight excluding hydrogens is 217 g/mol. The highest BCUT2D eigenvalue weighted by Gasteiger charge is 2.30. The number of piperidine rings is 1. The van der Waals surface area contributed by atoms with Crippen molar-refractivity contribution in [2.24, 2.45) is 5.41 Å². The molecule has 0 amide bonds. The lowest BCUT2D eigenvalue weighted by molar-refractivity contribution is -0.133. The van der Waals surface area contributed by atoms with Crippen molar-refractivity contribution in [2.45, 2.75) is 32.4 Å². The van der Waals surface area contributed by atoms with Crippen LogP contribution in [-0.2, 0) is 0 Å². The minimum absolute atomic E-state index is 0.0366. The van der Waals surface area contributed by atoms with Gasteiger partial charge < -0.3 is 10.2 Å². The van der Waals surface area contributed by atoms with Crippen LogP contribution in [0.3, 0.4) is 0 Å². The maximum absolute atomic E-state index is 11.9. The highest BCUT2D eigenvalue weighted by Crippen LogP contribution is 2.29. The van der Waals surface area contributed by atoms with Crippen LogP contribution in [0.15, 0.2) is 0 Å². The SMILES string of the molecule is CN1CCC(C)(CNCCC(F)(F)F)CC1. The summed E-state index contributed by atoms with van der Waals surface area (Å²) in [7, 11) is 2.08. The van der Waals surface area contributed by atoms with Crippen molar-refractivity contribution in [1.82, 2.24) is 10.2 Å². The molecule has 1 rings (SSSR count). The summed E-state index contributed by atoms with van der Waals surface area (Å²) >= 11 is 0. The predicted octanol–water partition coefficient (Wildman–Crippen LogP) is 2.26. The average Bonchev–Trinajstić information content (AvgIpc) is 2.17. The molecule has 1 N–H and O–H groups in total. The van der Waals surface area contributed by atoms with Crippen LogP contribution in [0.25, 0.3) is 0 Å². The van der Waals surface area contributed by atoms with E-state index in [1.165, 1.54) is 0 Å². The molecule has 1 fully saturated rings. The van der Waals surface area contributed by atoms with E-state index in [1.807, 2.05) is 0 Å². The Hall–Kier alpha value is -0.290. The van der Waals surface area contributed by atoms with E-state index in [0.717, 1.165) is 25.9 Å². The number of likely N-dealkylation sites (tertiary alicyclic amines) is 1. The van der Waals surface area contributed by atoms with Gasteiger partial charge >= 0.3 is 6.18 Å². The van der Waals surface area contributed by atoms with Crippen molar-refractivity contribution in [3.63, 3.8) is 0 Å². The molecule has 0 aromatic heterocycles. The first-order chi connectivity index (χ1) is 7.31. The summed E-state index contributed by atoms with van der Waals surface area (Å²) in [6.45, 7) is 4.96. The zero-order valence-electron chi connectivity index (χ0n) is 10.0. The van der Waals surface area contributed by atoms with Gasteiger partial charge in [-0.3, -0.25) is 0 Å². The van der Waals surface area contributed by atoms with Crippen LogP contribution in [0, 0.1) is 5.41 Å². The van der Waals surface area contributed by atoms with E-state index < -0.39 is 12.6 Å². The van der Waals surface area contributed by atoms with Crippen molar-refractivity contribution in [1.29, 1.82) is 0 Å². The van der Waals surface area contributed by atoms with Crippen LogP contribution in [-0.4, -0.2) is 44.3 Å². The molecule has 0 atom stereocenters. The molecule has 0 spiro atoms. The van der Waals surface area contributed by atoms with Crippen LogP contribution in [0.2, 0.25) is 0 Å². The largest absolute Gasteiger partial charge is 0.390 e. The van der Waals surface area contributed by atoms with Crippen molar-refractivity contribution in [2.75, 3.05) is 33.2 Å². The maximum Gasteiger partial charge on any atom is 0.390 e. The summed E-state index contributed by atoms with van der Waals surface area (Å²) in [5.41, 5.74) is 0.165. The second-order valence-electron chi connectivity index (χ2n) is 5.16. The number of hydrogen-bond donors (Lipinski definition) is 1. The van der Waals surface area contributed by atoms with Crippen LogP contribution in [0.5, 0.6) is 0 Å². The van der Waals surface area contributed by atoms with Crippen molar-refractivity contribution < 1.29 is 13.2 Å². The van der Waals surface area contributed by atoms with E-state index in [9.17, 15) is 13.2 Å². The van der Waals surface area contributed by atoms with Gasteiger partial charge in [0.15, 0.2) is 0 Å². The molecule has 5 heteroatoms. The molecule has 0 aromatic carbocycles. The number of halogens is 3. The van der Waals surface area contributed by atoms with Gasteiger partial charge in [0.25, 0.3) is 0 Å². The van der Waals surface area contributed by atoms with Crippen LogP contribution in [0.1, 0.15) is 26.2 Å². The molecule has 1 aliphatic rings. The first kappa shape index (κ1) is 13.8. The first-order valence-corrected chi connectivity index (χ1v) is 5.77. The smallest absolute Gasteiger partial charge is 0.316 e. The lowest BCUT2D eigenvalue weighted by atomic mass is 9.80. The quantitative estimate of drug-likeness (QED) is 0.756. The second-order valence-corrected chi connectivity index (χ2v) is 5.16. The second kappa shape index (κ2) is 5.36. The van der Waals surface area contributed by atoms with E-state index in [0.29, 0.717) is 6.54 Å². The highest BCUT2D eigenvalue weighted by molar-refractivity contribution is 4.83. The molecular formula is C11H21F3N2. The molecule has 0 aromatic rings. The van der Waals surface area contributed by atoms with Crippen LogP contribution in [0.4, 0.5) is 13.2 Å². The van der Waals surface area contributed by atoms with Crippen molar-refractivity contribution >= 4 is 0 Å². The molecule has 1 saturated heterocycles. The highest BCUT2D eigenvalue weighted by atomic mass is 19.4. The zero-order valence-corrected chi connectivity index (χ0v) is 10.0. The van der Waals surface area contributed by atoms with Gasteiger partial charge in [-0.05, 0) is 38.4 Å². The molecule has 0 saturated carbocycles. The monoisotopic (exact) mass is 238 g/mol. The fraction of sp³-hybridized carbons (Fsp3) is 1.00. The Labute approximate surface area is 95.2 Å². The molecule has 0 radical (unpaired) electrons. The third kappa shape index (κ3) is 5.16. The normalized spacial score (nSPS) is 22.3. The van der Waals surface area contributed by atoms with E-state index in [2.05, 4.69) is 24.2 Å². The van der Waals surface area contributed by atoms with Gasteiger partial charge in [-0.15, -0.1) is 0 Å². The van der Waals surface area contributed by atoms with E-state index in [-0.39, 0.29) is 12.0 Å². The number of nitrogens with one attached hydrogen (secondary N) is 1. The van der Waals surface area contributed by atoms with Crippen LogP contribution >= 0.6 is 0 Å². The maximum atomic E-state index is 11.9. The Bertz CT molecular complexity index is 208. The Morgan fingerprint density at radius 1 is 1.25 bits per heavy atom. The van der Waals surface area contributed by atoms with Crippen LogP contribution < -0.4 is 5.32 Å². The van der Waals surface area contributed by atoms with Crippen molar-refractivity contribution in [3.8, 4) is 0 Å². The lowest BCUT2D eigenvalue weighted by Crippen LogP contribution is -2.42. The summed E-state index contributed by atoms with van der Waals surface area (Å²) in [6, 6.07) is 0. The van der Waals surface area contributed by atoms with Gasteiger partial charge in [0.1, 0.15) is 0 Å². The fourth-order valence-electron chi connectivity index (χ4n) is 1.96. The standard InChI is InChI=1S/C11H21F3N2/c1-10(4-7-16(2)8-5-10)9-15-6-3-11(12,13)14/h15H,3-9H2,1-2H3. The molecule has 1 aliphatic heterocycles. The predicted molar refractivity (Wildman–Crippen MR) is 58.4 cm³/mol. The Morgan fingerprint density at radius 2 is 1.81 bits per heavy atom.